The van der Waals surface area contributed by atoms with Crippen LogP contribution in [0.4, 0.5) is 5.69 Å². The van der Waals surface area contributed by atoms with E-state index in [0.717, 1.165) is 12.1 Å². The summed E-state index contributed by atoms with van der Waals surface area (Å²) in [7, 11) is 0. The number of aryl methyl sites for hydroxylation is 2. The first-order valence-electron chi connectivity index (χ1n) is 3.69. The number of benzene rings is 1. The molecule has 0 spiro atoms. The second-order valence-electron chi connectivity index (χ2n) is 2.65. The number of rotatable bonds is 1. The van der Waals surface area contributed by atoms with Gasteiger partial charge in [0.15, 0.2) is 0 Å². The molecular formula is C9H12IN. The van der Waals surface area contributed by atoms with Crippen LogP contribution in [-0.2, 0) is 6.42 Å². The van der Waals surface area contributed by atoms with E-state index in [4.69, 9.17) is 5.73 Å². The number of nitrogen functional groups attached to an aromatic ring is 1. The zero-order valence-corrected chi connectivity index (χ0v) is 8.97. The molecule has 0 radical (unpaired) electrons. The van der Waals surface area contributed by atoms with Crippen molar-refractivity contribution in [2.45, 2.75) is 20.3 Å². The van der Waals surface area contributed by atoms with Crippen LogP contribution in [0.25, 0.3) is 0 Å². The Balaban J connectivity index is 3.21. The summed E-state index contributed by atoms with van der Waals surface area (Å²) in [4.78, 5) is 0. The van der Waals surface area contributed by atoms with Crippen LogP contribution in [0.1, 0.15) is 18.1 Å². The zero-order chi connectivity index (χ0) is 8.43. The first kappa shape index (κ1) is 8.84. The fraction of sp³-hybridized carbons (Fsp3) is 0.333. The fourth-order valence-electron chi connectivity index (χ4n) is 1.05. The van der Waals surface area contributed by atoms with Gasteiger partial charge in [0, 0.05) is 9.26 Å². The molecule has 0 amide bonds. The van der Waals surface area contributed by atoms with E-state index in [0.29, 0.717) is 0 Å². The standard InChI is InChI=1S/C9H12IN/c1-3-7-5-8(10)6(2)4-9(7)11/h4-5H,3,11H2,1-2H3. The lowest BCUT2D eigenvalue weighted by molar-refractivity contribution is 1.13. The normalized spacial score (nSPS) is 10.1. The Morgan fingerprint density at radius 3 is 2.64 bits per heavy atom. The van der Waals surface area contributed by atoms with Crippen LogP contribution in [0.15, 0.2) is 12.1 Å². The second kappa shape index (κ2) is 3.43. The van der Waals surface area contributed by atoms with Crippen LogP contribution >= 0.6 is 22.6 Å². The molecule has 0 saturated heterocycles. The van der Waals surface area contributed by atoms with Crippen molar-refractivity contribution in [1.29, 1.82) is 0 Å². The third-order valence-corrected chi connectivity index (χ3v) is 2.96. The van der Waals surface area contributed by atoms with Crippen LogP contribution in [0.2, 0.25) is 0 Å². The Bertz CT molecular complexity index is 269. The molecule has 0 fully saturated rings. The van der Waals surface area contributed by atoms with Crippen LogP contribution in [0.3, 0.4) is 0 Å². The van der Waals surface area contributed by atoms with Gasteiger partial charge >= 0.3 is 0 Å². The SMILES string of the molecule is CCc1cc(I)c(C)cc1N. The number of anilines is 1. The number of halogens is 1. The molecule has 0 saturated carbocycles. The van der Waals surface area contributed by atoms with Crippen LogP contribution < -0.4 is 5.73 Å². The van der Waals surface area contributed by atoms with Gasteiger partial charge in [-0.05, 0) is 59.2 Å². The third-order valence-electron chi connectivity index (χ3n) is 1.80. The fourth-order valence-corrected chi connectivity index (χ4v) is 1.58. The zero-order valence-electron chi connectivity index (χ0n) is 6.82. The summed E-state index contributed by atoms with van der Waals surface area (Å²) in [5.74, 6) is 0. The lowest BCUT2D eigenvalue weighted by Crippen LogP contribution is -1.95. The Morgan fingerprint density at radius 2 is 2.09 bits per heavy atom. The molecule has 0 aliphatic carbocycles. The summed E-state index contributed by atoms with van der Waals surface area (Å²) in [5, 5.41) is 0. The van der Waals surface area contributed by atoms with Crippen molar-refractivity contribution in [2.75, 3.05) is 5.73 Å². The van der Waals surface area contributed by atoms with E-state index in [2.05, 4.69) is 42.5 Å². The van der Waals surface area contributed by atoms with Gasteiger partial charge in [-0.2, -0.15) is 0 Å². The molecule has 0 aliphatic heterocycles. The second-order valence-corrected chi connectivity index (χ2v) is 3.82. The van der Waals surface area contributed by atoms with Crippen molar-refractivity contribution >= 4 is 28.3 Å². The number of hydrogen-bond donors (Lipinski definition) is 1. The average molecular weight is 261 g/mol. The smallest absolute Gasteiger partial charge is 0.0349 e. The van der Waals surface area contributed by atoms with Crippen molar-refractivity contribution < 1.29 is 0 Å². The summed E-state index contributed by atoms with van der Waals surface area (Å²) in [5.41, 5.74) is 9.23. The predicted octanol–water partition coefficient (Wildman–Crippen LogP) is 2.74. The van der Waals surface area contributed by atoms with E-state index >= 15 is 0 Å². The predicted molar refractivity (Wildman–Crippen MR) is 57.7 cm³/mol. The molecule has 1 rings (SSSR count). The molecular weight excluding hydrogens is 249 g/mol. The van der Waals surface area contributed by atoms with Gasteiger partial charge in [-0.15, -0.1) is 0 Å². The monoisotopic (exact) mass is 261 g/mol. The maximum absolute atomic E-state index is 5.80. The Morgan fingerprint density at radius 1 is 1.45 bits per heavy atom. The summed E-state index contributed by atoms with van der Waals surface area (Å²) in [6, 6.07) is 4.20. The molecule has 60 valence electrons. The van der Waals surface area contributed by atoms with Gasteiger partial charge in [0.25, 0.3) is 0 Å². The molecule has 1 aromatic carbocycles. The van der Waals surface area contributed by atoms with Gasteiger partial charge in [0.1, 0.15) is 0 Å². The highest BCUT2D eigenvalue weighted by atomic mass is 127. The van der Waals surface area contributed by atoms with E-state index in [1.807, 2.05) is 6.07 Å². The van der Waals surface area contributed by atoms with Gasteiger partial charge in [0.2, 0.25) is 0 Å². The number of nitrogens with two attached hydrogens (primary N) is 1. The molecule has 0 aliphatic rings. The van der Waals surface area contributed by atoms with E-state index in [9.17, 15) is 0 Å². The van der Waals surface area contributed by atoms with Gasteiger partial charge < -0.3 is 5.73 Å². The van der Waals surface area contributed by atoms with Crippen LogP contribution in [-0.4, -0.2) is 0 Å². The van der Waals surface area contributed by atoms with E-state index in [1.54, 1.807) is 0 Å². The molecule has 11 heavy (non-hydrogen) atoms. The highest BCUT2D eigenvalue weighted by Crippen LogP contribution is 2.20. The molecule has 0 unspecified atom stereocenters. The lowest BCUT2D eigenvalue weighted by Gasteiger charge is -2.05. The summed E-state index contributed by atoms with van der Waals surface area (Å²) < 4.78 is 1.30. The summed E-state index contributed by atoms with van der Waals surface area (Å²) in [6.07, 6.45) is 1.02. The van der Waals surface area contributed by atoms with E-state index < -0.39 is 0 Å². The Hall–Kier alpha value is -0.250. The van der Waals surface area contributed by atoms with Crippen molar-refractivity contribution in [3.8, 4) is 0 Å². The lowest BCUT2D eigenvalue weighted by atomic mass is 10.1. The highest BCUT2D eigenvalue weighted by Gasteiger charge is 2.00. The van der Waals surface area contributed by atoms with E-state index in [1.165, 1.54) is 14.7 Å². The minimum atomic E-state index is 0.922. The van der Waals surface area contributed by atoms with Gasteiger partial charge in [0.05, 0.1) is 0 Å². The molecule has 0 aromatic heterocycles. The maximum atomic E-state index is 5.80. The van der Waals surface area contributed by atoms with E-state index in [-0.39, 0.29) is 0 Å². The van der Waals surface area contributed by atoms with Crippen molar-refractivity contribution in [3.05, 3.63) is 26.8 Å². The molecule has 0 bridgehead atoms. The summed E-state index contributed by atoms with van der Waals surface area (Å²) in [6.45, 7) is 4.20. The number of hydrogen-bond acceptors (Lipinski definition) is 1. The Kier molecular flexibility index (Phi) is 2.76. The summed E-state index contributed by atoms with van der Waals surface area (Å²) >= 11 is 2.33. The third kappa shape index (κ3) is 1.86. The first-order chi connectivity index (χ1) is 5.15. The average Bonchev–Trinajstić information content (AvgIpc) is 1.97. The Labute approximate surface area is 81.1 Å². The topological polar surface area (TPSA) is 26.0 Å². The molecule has 1 aromatic rings. The van der Waals surface area contributed by atoms with Crippen molar-refractivity contribution in [2.24, 2.45) is 0 Å². The quantitative estimate of drug-likeness (QED) is 0.610. The van der Waals surface area contributed by atoms with Crippen molar-refractivity contribution in [3.63, 3.8) is 0 Å². The van der Waals surface area contributed by atoms with Gasteiger partial charge in [-0.25, -0.2) is 0 Å². The minimum Gasteiger partial charge on any atom is -0.398 e. The largest absolute Gasteiger partial charge is 0.398 e. The molecule has 2 N–H and O–H groups in total. The minimum absolute atomic E-state index is 0.922. The maximum Gasteiger partial charge on any atom is 0.0349 e. The first-order valence-corrected chi connectivity index (χ1v) is 4.77. The highest BCUT2D eigenvalue weighted by molar-refractivity contribution is 14.1. The van der Waals surface area contributed by atoms with Crippen LogP contribution in [0.5, 0.6) is 0 Å². The van der Waals surface area contributed by atoms with Crippen LogP contribution in [0, 0.1) is 10.5 Å². The molecule has 0 heterocycles. The van der Waals surface area contributed by atoms with Crippen molar-refractivity contribution in [1.82, 2.24) is 0 Å². The molecule has 0 atom stereocenters. The molecule has 2 heteroatoms. The van der Waals surface area contributed by atoms with Gasteiger partial charge in [-0.3, -0.25) is 0 Å². The molecule has 1 nitrogen and oxygen atoms in total. The van der Waals surface area contributed by atoms with Gasteiger partial charge in [-0.1, -0.05) is 6.92 Å².